The van der Waals surface area contributed by atoms with Gasteiger partial charge >= 0.3 is 27.3 Å². The lowest BCUT2D eigenvalue weighted by Gasteiger charge is -2.22. The van der Waals surface area contributed by atoms with E-state index in [1.807, 2.05) is 0 Å². The molecule has 0 radical (unpaired) electrons. The summed E-state index contributed by atoms with van der Waals surface area (Å²) in [5, 5.41) is -5.02. The zero-order valence-electron chi connectivity index (χ0n) is 10.3. The lowest BCUT2D eigenvalue weighted by Crippen LogP contribution is -2.40. The van der Waals surface area contributed by atoms with Crippen LogP contribution in [0.25, 0.3) is 0 Å². The summed E-state index contributed by atoms with van der Waals surface area (Å²) in [5.41, 5.74) is 0. The minimum Gasteiger partial charge on any atom is -0.461 e. The second kappa shape index (κ2) is 4.53. The highest BCUT2D eigenvalue weighted by Crippen LogP contribution is 2.58. The molecule has 0 aliphatic carbocycles. The van der Waals surface area contributed by atoms with Crippen LogP contribution in [0.3, 0.4) is 0 Å². The molecule has 0 amide bonds. The van der Waals surface area contributed by atoms with Gasteiger partial charge in [-0.05, 0) is 6.42 Å². The second-order valence-corrected chi connectivity index (χ2v) is 8.09. The molecule has 0 spiro atoms. The number of rotatable bonds is 4. The lowest BCUT2D eigenvalue weighted by molar-refractivity contribution is -0.159. The molecule has 2 bridgehead atoms. The van der Waals surface area contributed by atoms with Crippen molar-refractivity contribution in [2.24, 2.45) is 11.8 Å². The van der Waals surface area contributed by atoms with Crippen LogP contribution in [0.5, 0.6) is 0 Å². The summed E-state index contributed by atoms with van der Waals surface area (Å²) in [6.07, 6.45) is 0.201. The molecule has 3 rings (SSSR count). The normalized spacial score (nSPS) is 37.7. The first-order valence-corrected chi connectivity index (χ1v) is 8.37. The van der Waals surface area contributed by atoms with E-state index < -0.39 is 45.8 Å². The molecule has 0 aromatic rings. The summed E-state index contributed by atoms with van der Waals surface area (Å²) in [5.74, 6) is -3.27. The molecule has 3 aliphatic rings. The van der Waals surface area contributed by atoms with E-state index in [2.05, 4.69) is 4.74 Å². The van der Waals surface area contributed by atoms with Gasteiger partial charge in [0.15, 0.2) is 6.61 Å². The standard InChI is InChI=1S/C10H10F2O7S2/c11-10(12,21(15,16)17)2-18-8(13)5-4-1-3-7(20-4)6(5)9(14)19-3/h3-7H,1-2H2,(H,15,16,17). The molecule has 21 heavy (non-hydrogen) atoms. The Morgan fingerprint density at radius 2 is 2.19 bits per heavy atom. The van der Waals surface area contributed by atoms with Crippen molar-refractivity contribution in [1.29, 1.82) is 0 Å². The lowest BCUT2D eigenvalue weighted by atomic mass is 9.80. The molecule has 3 aliphatic heterocycles. The SMILES string of the molecule is O=C(OCC(F)(F)S(=O)(=O)O)C1C2CC3OC(=O)C1C3S2. The Morgan fingerprint density at radius 1 is 1.52 bits per heavy atom. The van der Waals surface area contributed by atoms with Crippen molar-refractivity contribution in [3.05, 3.63) is 0 Å². The first-order valence-electron chi connectivity index (χ1n) is 5.99. The first-order chi connectivity index (χ1) is 9.62. The van der Waals surface area contributed by atoms with Crippen LogP contribution in [0, 0.1) is 11.8 Å². The molecule has 5 unspecified atom stereocenters. The summed E-state index contributed by atoms with van der Waals surface area (Å²) < 4.78 is 64.6. The number of ether oxygens (including phenoxy) is 2. The van der Waals surface area contributed by atoms with Gasteiger partial charge in [-0.15, -0.1) is 11.8 Å². The van der Waals surface area contributed by atoms with Crippen LogP contribution in [0.2, 0.25) is 0 Å². The first kappa shape index (κ1) is 15.0. The van der Waals surface area contributed by atoms with Crippen molar-refractivity contribution < 1.29 is 40.8 Å². The maximum atomic E-state index is 13.0. The molecule has 118 valence electrons. The fourth-order valence-corrected chi connectivity index (χ4v) is 5.09. The Kier molecular flexibility index (Phi) is 3.23. The Morgan fingerprint density at radius 3 is 2.81 bits per heavy atom. The number of alkyl halides is 2. The summed E-state index contributed by atoms with van der Waals surface area (Å²) in [4.78, 5) is 23.5. The van der Waals surface area contributed by atoms with Crippen LogP contribution in [0.4, 0.5) is 8.78 Å². The van der Waals surface area contributed by atoms with Crippen molar-refractivity contribution in [2.45, 2.75) is 28.3 Å². The predicted octanol–water partition coefficient (Wildman–Crippen LogP) is 0.0557. The Balaban J connectivity index is 1.69. The fraction of sp³-hybridized carbons (Fsp3) is 0.800. The minimum atomic E-state index is -5.66. The third-order valence-corrected chi connectivity index (χ3v) is 6.50. The van der Waals surface area contributed by atoms with E-state index in [1.165, 1.54) is 11.8 Å². The Hall–Kier alpha value is -0.940. The summed E-state index contributed by atoms with van der Waals surface area (Å²) in [7, 11) is -5.66. The van der Waals surface area contributed by atoms with Crippen LogP contribution in [0.15, 0.2) is 0 Å². The molecule has 0 saturated carbocycles. The van der Waals surface area contributed by atoms with Crippen LogP contribution in [-0.4, -0.2) is 53.4 Å². The van der Waals surface area contributed by atoms with Gasteiger partial charge in [-0.1, -0.05) is 0 Å². The van der Waals surface area contributed by atoms with E-state index in [-0.39, 0.29) is 16.6 Å². The molecule has 3 heterocycles. The van der Waals surface area contributed by atoms with Crippen molar-refractivity contribution >= 4 is 33.8 Å². The van der Waals surface area contributed by atoms with Gasteiger partial charge in [0.1, 0.15) is 6.10 Å². The molecule has 11 heteroatoms. The molecule has 0 aromatic heterocycles. The van der Waals surface area contributed by atoms with Crippen molar-refractivity contribution in [3.8, 4) is 0 Å². The summed E-state index contributed by atoms with van der Waals surface area (Å²) in [6.45, 7) is -1.78. The van der Waals surface area contributed by atoms with E-state index in [9.17, 15) is 26.8 Å². The van der Waals surface area contributed by atoms with Crippen LogP contribution in [0.1, 0.15) is 6.42 Å². The Bertz CT molecular complexity index is 603. The van der Waals surface area contributed by atoms with Gasteiger partial charge in [0.2, 0.25) is 0 Å². The average molecular weight is 344 g/mol. The number of fused-ring (bicyclic) bond motifs is 1. The highest BCUT2D eigenvalue weighted by molar-refractivity contribution is 8.01. The van der Waals surface area contributed by atoms with E-state index in [0.717, 1.165) is 0 Å². The maximum Gasteiger partial charge on any atom is 0.402 e. The van der Waals surface area contributed by atoms with Gasteiger partial charge in [0, 0.05) is 5.25 Å². The van der Waals surface area contributed by atoms with Gasteiger partial charge in [-0.3, -0.25) is 14.1 Å². The monoisotopic (exact) mass is 344 g/mol. The van der Waals surface area contributed by atoms with Crippen LogP contribution >= 0.6 is 11.8 Å². The van der Waals surface area contributed by atoms with Crippen LogP contribution in [-0.2, 0) is 29.2 Å². The Labute approximate surface area is 122 Å². The number of hydrogen-bond acceptors (Lipinski definition) is 7. The molecular formula is C10H10F2O7S2. The number of thioether (sulfide) groups is 1. The maximum absolute atomic E-state index is 13.0. The minimum absolute atomic E-state index is 0.179. The number of esters is 2. The van der Waals surface area contributed by atoms with Gasteiger partial charge in [0.25, 0.3) is 0 Å². The highest BCUT2D eigenvalue weighted by atomic mass is 32.2. The highest BCUT2D eigenvalue weighted by Gasteiger charge is 2.65. The molecular weight excluding hydrogens is 334 g/mol. The van der Waals surface area contributed by atoms with E-state index in [1.54, 1.807) is 0 Å². The number of carbonyl (C=O) groups is 2. The number of hydrogen-bond donors (Lipinski definition) is 1. The van der Waals surface area contributed by atoms with Gasteiger partial charge < -0.3 is 9.47 Å². The largest absolute Gasteiger partial charge is 0.461 e. The summed E-state index contributed by atoms with van der Waals surface area (Å²) in [6, 6.07) is 0. The van der Waals surface area contributed by atoms with E-state index >= 15 is 0 Å². The molecule has 3 fully saturated rings. The number of halogens is 2. The average Bonchev–Trinajstić information content (AvgIpc) is 2.95. The van der Waals surface area contributed by atoms with Crippen molar-refractivity contribution in [2.75, 3.05) is 6.61 Å². The number of carbonyl (C=O) groups excluding carboxylic acids is 2. The zero-order valence-corrected chi connectivity index (χ0v) is 11.9. The third-order valence-electron chi connectivity index (χ3n) is 3.88. The topological polar surface area (TPSA) is 107 Å². The predicted molar refractivity (Wildman–Crippen MR) is 64.1 cm³/mol. The quantitative estimate of drug-likeness (QED) is 0.563. The van der Waals surface area contributed by atoms with Gasteiger partial charge in [-0.2, -0.15) is 17.2 Å². The molecule has 3 saturated heterocycles. The second-order valence-electron chi connectivity index (χ2n) is 5.12. The summed E-state index contributed by atoms with van der Waals surface area (Å²) >= 11 is 1.39. The molecule has 5 atom stereocenters. The molecule has 7 nitrogen and oxygen atoms in total. The van der Waals surface area contributed by atoms with Gasteiger partial charge in [0.05, 0.1) is 17.1 Å². The van der Waals surface area contributed by atoms with Crippen LogP contribution < -0.4 is 0 Å². The van der Waals surface area contributed by atoms with E-state index in [0.29, 0.717) is 6.42 Å². The van der Waals surface area contributed by atoms with Crippen molar-refractivity contribution in [1.82, 2.24) is 0 Å². The fourth-order valence-electron chi connectivity index (χ4n) is 2.94. The smallest absolute Gasteiger partial charge is 0.402 e. The van der Waals surface area contributed by atoms with Gasteiger partial charge in [-0.25, -0.2) is 0 Å². The zero-order chi connectivity index (χ0) is 15.6. The molecule has 0 aromatic carbocycles. The van der Waals surface area contributed by atoms with Crippen molar-refractivity contribution in [3.63, 3.8) is 0 Å². The third kappa shape index (κ3) is 2.21. The molecule has 1 N–H and O–H groups in total. The van der Waals surface area contributed by atoms with E-state index in [4.69, 9.17) is 9.29 Å².